The van der Waals surface area contributed by atoms with E-state index in [1.54, 1.807) is 29.9 Å². The summed E-state index contributed by atoms with van der Waals surface area (Å²) in [4.78, 5) is 18.4. The highest BCUT2D eigenvalue weighted by Gasteiger charge is 2.22. The van der Waals surface area contributed by atoms with Crippen molar-refractivity contribution in [3.05, 3.63) is 41.5 Å². The van der Waals surface area contributed by atoms with Crippen LogP contribution in [0, 0.1) is 0 Å². The van der Waals surface area contributed by atoms with Gasteiger partial charge in [-0.25, -0.2) is 0 Å². The van der Waals surface area contributed by atoms with Crippen molar-refractivity contribution in [3.63, 3.8) is 0 Å². The quantitative estimate of drug-likeness (QED) is 0.898. The van der Waals surface area contributed by atoms with E-state index in [0.717, 1.165) is 11.4 Å². The highest BCUT2D eigenvalue weighted by atomic mass is 16.2. The van der Waals surface area contributed by atoms with E-state index in [1.165, 1.54) is 0 Å². The number of pyridine rings is 1. The van der Waals surface area contributed by atoms with Gasteiger partial charge in [0.1, 0.15) is 5.69 Å². The van der Waals surface area contributed by atoms with E-state index in [4.69, 9.17) is 5.73 Å². The molecule has 0 spiro atoms. The fourth-order valence-electron chi connectivity index (χ4n) is 2.22. The lowest BCUT2D eigenvalue weighted by atomic mass is 10.2. The molecule has 0 aliphatic heterocycles. The van der Waals surface area contributed by atoms with Crippen LogP contribution >= 0.6 is 0 Å². The molecule has 0 unspecified atom stereocenters. The third kappa shape index (κ3) is 3.21. The number of nitrogen functional groups attached to an aromatic ring is 1. The van der Waals surface area contributed by atoms with Gasteiger partial charge in [-0.2, -0.15) is 5.10 Å². The van der Waals surface area contributed by atoms with E-state index < -0.39 is 0 Å². The van der Waals surface area contributed by atoms with E-state index in [2.05, 4.69) is 10.1 Å². The number of hydrogen-bond donors (Lipinski definition) is 1. The first-order valence-corrected chi connectivity index (χ1v) is 7.01. The van der Waals surface area contributed by atoms with Gasteiger partial charge in [-0.1, -0.05) is 13.0 Å². The summed E-state index contributed by atoms with van der Waals surface area (Å²) in [5.74, 6) is -0.113. The number of rotatable bonds is 5. The number of anilines is 1. The predicted octanol–water partition coefficient (Wildman–Crippen LogP) is 1.27. The molecule has 2 aromatic heterocycles. The van der Waals surface area contributed by atoms with Crippen molar-refractivity contribution in [2.24, 2.45) is 7.05 Å². The molecule has 0 saturated carbocycles. The molecule has 21 heavy (non-hydrogen) atoms. The summed E-state index contributed by atoms with van der Waals surface area (Å²) < 4.78 is 1.56. The SMILES string of the molecule is CCc1nn(C)c(C(=O)N(C)CCc2ccccn2)c1N. The van der Waals surface area contributed by atoms with Gasteiger partial charge in [-0.05, 0) is 18.6 Å². The van der Waals surface area contributed by atoms with Crippen LogP contribution in [0.2, 0.25) is 0 Å². The van der Waals surface area contributed by atoms with Crippen LogP contribution in [-0.4, -0.2) is 39.2 Å². The van der Waals surface area contributed by atoms with Gasteiger partial charge in [0.05, 0.1) is 11.4 Å². The average Bonchev–Trinajstić information content (AvgIpc) is 2.79. The van der Waals surface area contributed by atoms with Gasteiger partial charge in [-0.15, -0.1) is 0 Å². The Morgan fingerprint density at radius 3 is 2.76 bits per heavy atom. The fourth-order valence-corrected chi connectivity index (χ4v) is 2.22. The van der Waals surface area contributed by atoms with Gasteiger partial charge in [0.15, 0.2) is 0 Å². The van der Waals surface area contributed by atoms with Crippen molar-refractivity contribution in [2.75, 3.05) is 19.3 Å². The van der Waals surface area contributed by atoms with Gasteiger partial charge in [-0.3, -0.25) is 14.5 Å². The number of hydrogen-bond acceptors (Lipinski definition) is 4. The molecule has 0 radical (unpaired) electrons. The number of amides is 1. The zero-order chi connectivity index (χ0) is 15.4. The number of nitrogens with zero attached hydrogens (tertiary/aromatic N) is 4. The molecule has 2 rings (SSSR count). The summed E-state index contributed by atoms with van der Waals surface area (Å²) in [5, 5.41) is 4.28. The smallest absolute Gasteiger partial charge is 0.274 e. The van der Waals surface area contributed by atoms with E-state index in [1.807, 2.05) is 25.1 Å². The molecular formula is C15H21N5O. The van der Waals surface area contributed by atoms with Crippen molar-refractivity contribution in [3.8, 4) is 0 Å². The molecule has 0 fully saturated rings. The minimum Gasteiger partial charge on any atom is -0.395 e. The Kier molecular flexibility index (Phi) is 4.57. The maximum atomic E-state index is 12.5. The maximum absolute atomic E-state index is 12.5. The van der Waals surface area contributed by atoms with Crippen molar-refractivity contribution >= 4 is 11.6 Å². The van der Waals surface area contributed by atoms with Crippen molar-refractivity contribution in [1.82, 2.24) is 19.7 Å². The predicted molar refractivity (Wildman–Crippen MR) is 81.9 cm³/mol. The van der Waals surface area contributed by atoms with Crippen LogP contribution in [0.15, 0.2) is 24.4 Å². The van der Waals surface area contributed by atoms with Crippen molar-refractivity contribution in [1.29, 1.82) is 0 Å². The number of carbonyl (C=O) groups excluding carboxylic acids is 1. The highest BCUT2D eigenvalue weighted by molar-refractivity contribution is 5.97. The summed E-state index contributed by atoms with van der Waals surface area (Å²) in [6.07, 6.45) is 3.18. The first-order chi connectivity index (χ1) is 10.0. The number of aryl methyl sites for hydroxylation is 2. The van der Waals surface area contributed by atoms with E-state index in [9.17, 15) is 4.79 Å². The first-order valence-electron chi connectivity index (χ1n) is 7.01. The molecule has 2 aromatic rings. The standard InChI is InChI=1S/C15H21N5O/c1-4-12-13(16)14(20(3)18-12)15(21)19(2)10-8-11-7-5-6-9-17-11/h5-7,9H,4,8,10,16H2,1-3H3. The molecular weight excluding hydrogens is 266 g/mol. The Morgan fingerprint density at radius 1 is 1.43 bits per heavy atom. The molecule has 0 atom stereocenters. The zero-order valence-electron chi connectivity index (χ0n) is 12.7. The average molecular weight is 287 g/mol. The van der Waals surface area contributed by atoms with E-state index in [0.29, 0.717) is 30.8 Å². The Bertz CT molecular complexity index is 620. The molecule has 0 aromatic carbocycles. The lowest BCUT2D eigenvalue weighted by Gasteiger charge is -2.17. The van der Waals surface area contributed by atoms with Gasteiger partial charge < -0.3 is 10.6 Å². The fraction of sp³-hybridized carbons (Fsp3) is 0.400. The Balaban J connectivity index is 2.07. The Hall–Kier alpha value is -2.37. The second-order valence-electron chi connectivity index (χ2n) is 4.98. The minimum absolute atomic E-state index is 0.113. The molecule has 0 saturated heterocycles. The normalized spacial score (nSPS) is 10.6. The molecule has 2 heterocycles. The second kappa shape index (κ2) is 6.39. The number of likely N-dealkylation sites (N-methyl/N-ethyl adjacent to an activating group) is 1. The number of aromatic nitrogens is 3. The van der Waals surface area contributed by atoms with Crippen LogP contribution in [0.25, 0.3) is 0 Å². The third-order valence-corrected chi connectivity index (χ3v) is 3.47. The van der Waals surface area contributed by atoms with Crippen LogP contribution in [0.3, 0.4) is 0 Å². The molecule has 112 valence electrons. The Morgan fingerprint density at radius 2 is 2.19 bits per heavy atom. The molecule has 1 amide bonds. The highest BCUT2D eigenvalue weighted by Crippen LogP contribution is 2.18. The third-order valence-electron chi connectivity index (χ3n) is 3.47. The van der Waals surface area contributed by atoms with E-state index in [-0.39, 0.29) is 5.91 Å². The summed E-state index contributed by atoms with van der Waals surface area (Å²) >= 11 is 0. The number of nitrogens with two attached hydrogens (primary N) is 1. The molecule has 0 bridgehead atoms. The maximum Gasteiger partial charge on any atom is 0.274 e. The molecule has 0 aliphatic rings. The molecule has 2 N–H and O–H groups in total. The van der Waals surface area contributed by atoms with Crippen LogP contribution in [-0.2, 0) is 19.9 Å². The number of carbonyl (C=O) groups is 1. The van der Waals surface area contributed by atoms with Crippen LogP contribution in [0.4, 0.5) is 5.69 Å². The Labute approximate surface area is 124 Å². The van der Waals surface area contributed by atoms with Crippen molar-refractivity contribution in [2.45, 2.75) is 19.8 Å². The summed E-state index contributed by atoms with van der Waals surface area (Å²) in [5.41, 5.74) is 8.68. The van der Waals surface area contributed by atoms with E-state index >= 15 is 0 Å². The topological polar surface area (TPSA) is 77.0 Å². The summed E-state index contributed by atoms with van der Waals surface area (Å²) in [6, 6.07) is 5.77. The van der Waals surface area contributed by atoms with Gasteiger partial charge >= 0.3 is 0 Å². The molecule has 0 aliphatic carbocycles. The van der Waals surface area contributed by atoms with Crippen molar-refractivity contribution < 1.29 is 4.79 Å². The first kappa shape index (κ1) is 15.0. The molecule has 6 heteroatoms. The lowest BCUT2D eigenvalue weighted by Crippen LogP contribution is -2.31. The van der Waals surface area contributed by atoms with Crippen LogP contribution in [0.5, 0.6) is 0 Å². The summed E-state index contributed by atoms with van der Waals surface area (Å²) in [6.45, 7) is 2.56. The lowest BCUT2D eigenvalue weighted by molar-refractivity contribution is 0.0786. The van der Waals surface area contributed by atoms with Gasteiger partial charge in [0.25, 0.3) is 5.91 Å². The molecule has 6 nitrogen and oxygen atoms in total. The van der Waals surface area contributed by atoms with Gasteiger partial charge in [0.2, 0.25) is 0 Å². The summed E-state index contributed by atoms with van der Waals surface area (Å²) in [7, 11) is 3.51. The van der Waals surface area contributed by atoms with Crippen LogP contribution < -0.4 is 5.73 Å². The van der Waals surface area contributed by atoms with Gasteiger partial charge in [0, 0.05) is 39.0 Å². The monoisotopic (exact) mass is 287 g/mol. The second-order valence-corrected chi connectivity index (χ2v) is 4.98. The van der Waals surface area contributed by atoms with Crippen LogP contribution in [0.1, 0.15) is 28.8 Å². The zero-order valence-corrected chi connectivity index (χ0v) is 12.7. The minimum atomic E-state index is -0.113. The largest absolute Gasteiger partial charge is 0.395 e.